The van der Waals surface area contributed by atoms with Crippen molar-refractivity contribution < 1.29 is 0 Å². The highest BCUT2D eigenvalue weighted by Gasteiger charge is 2.08. The van der Waals surface area contributed by atoms with Crippen molar-refractivity contribution in [1.82, 2.24) is 4.98 Å². The number of aromatic nitrogens is 1. The lowest BCUT2D eigenvalue weighted by molar-refractivity contribution is 0.778. The standard InChI is InChI=1S/C14H17NS/c1-3-4-10-13-11(2)16-14(15-13)12-8-6-5-7-9-12/h5-9H,3-4,10H2,1-2H3. The van der Waals surface area contributed by atoms with E-state index >= 15 is 0 Å². The van der Waals surface area contributed by atoms with Gasteiger partial charge in [-0.05, 0) is 19.8 Å². The predicted octanol–water partition coefficient (Wildman–Crippen LogP) is 4.46. The zero-order valence-corrected chi connectivity index (χ0v) is 10.7. The number of hydrogen-bond acceptors (Lipinski definition) is 2. The highest BCUT2D eigenvalue weighted by atomic mass is 32.1. The van der Waals surface area contributed by atoms with Crippen LogP contribution < -0.4 is 0 Å². The van der Waals surface area contributed by atoms with Gasteiger partial charge in [0.15, 0.2) is 0 Å². The van der Waals surface area contributed by atoms with E-state index < -0.39 is 0 Å². The molecule has 1 heterocycles. The number of nitrogens with zero attached hydrogens (tertiary/aromatic N) is 1. The molecule has 0 spiro atoms. The van der Waals surface area contributed by atoms with Gasteiger partial charge in [0.05, 0.1) is 5.69 Å². The van der Waals surface area contributed by atoms with Crippen molar-refractivity contribution in [3.63, 3.8) is 0 Å². The summed E-state index contributed by atoms with van der Waals surface area (Å²) in [6.45, 7) is 4.40. The summed E-state index contributed by atoms with van der Waals surface area (Å²) in [5.41, 5.74) is 2.52. The molecule has 1 aromatic heterocycles. The number of rotatable bonds is 4. The monoisotopic (exact) mass is 231 g/mol. The molecule has 2 heteroatoms. The largest absolute Gasteiger partial charge is 0.241 e. The van der Waals surface area contributed by atoms with Crippen molar-refractivity contribution in [3.8, 4) is 10.6 Å². The summed E-state index contributed by atoms with van der Waals surface area (Å²) in [6, 6.07) is 10.4. The van der Waals surface area contributed by atoms with Crippen LogP contribution in [0.5, 0.6) is 0 Å². The quantitative estimate of drug-likeness (QED) is 0.757. The van der Waals surface area contributed by atoms with Gasteiger partial charge in [0.25, 0.3) is 0 Å². The van der Waals surface area contributed by atoms with Gasteiger partial charge in [-0.3, -0.25) is 0 Å². The molecule has 1 aromatic carbocycles. The van der Waals surface area contributed by atoms with Crippen LogP contribution in [0.25, 0.3) is 10.6 Å². The minimum absolute atomic E-state index is 1.12. The van der Waals surface area contributed by atoms with Crippen LogP contribution in [0.1, 0.15) is 30.3 Å². The maximum Gasteiger partial charge on any atom is 0.123 e. The van der Waals surface area contributed by atoms with Crippen molar-refractivity contribution in [1.29, 1.82) is 0 Å². The average molecular weight is 231 g/mol. The number of unbranched alkanes of at least 4 members (excludes halogenated alkanes) is 1. The Morgan fingerprint density at radius 3 is 2.62 bits per heavy atom. The molecule has 0 saturated heterocycles. The van der Waals surface area contributed by atoms with E-state index in [-0.39, 0.29) is 0 Å². The zero-order chi connectivity index (χ0) is 11.4. The first-order valence-electron chi connectivity index (χ1n) is 5.83. The van der Waals surface area contributed by atoms with Gasteiger partial charge in [-0.2, -0.15) is 0 Å². The molecule has 1 nitrogen and oxygen atoms in total. The van der Waals surface area contributed by atoms with Crippen LogP contribution in [0.3, 0.4) is 0 Å². The Morgan fingerprint density at radius 2 is 1.94 bits per heavy atom. The first-order chi connectivity index (χ1) is 7.81. The second kappa shape index (κ2) is 5.26. The molecule has 0 saturated carbocycles. The Bertz CT molecular complexity index is 445. The SMILES string of the molecule is CCCCc1nc(-c2ccccc2)sc1C. The summed E-state index contributed by atoms with van der Waals surface area (Å²) in [5, 5.41) is 1.16. The lowest BCUT2D eigenvalue weighted by Gasteiger charge is -1.95. The topological polar surface area (TPSA) is 12.9 Å². The van der Waals surface area contributed by atoms with Crippen LogP contribution in [0.15, 0.2) is 30.3 Å². The molecule has 0 N–H and O–H groups in total. The molecule has 0 aliphatic rings. The average Bonchev–Trinajstić information content (AvgIpc) is 2.69. The smallest absolute Gasteiger partial charge is 0.123 e. The third-order valence-electron chi connectivity index (χ3n) is 2.68. The first-order valence-corrected chi connectivity index (χ1v) is 6.64. The molecule has 0 unspecified atom stereocenters. The first kappa shape index (κ1) is 11.3. The second-order valence-corrected chi connectivity index (χ2v) is 5.19. The number of thiazole rings is 1. The van der Waals surface area contributed by atoms with Crippen molar-refractivity contribution in [3.05, 3.63) is 40.9 Å². The van der Waals surface area contributed by atoms with E-state index in [0.717, 1.165) is 11.4 Å². The molecule has 0 fully saturated rings. The Morgan fingerprint density at radius 1 is 1.19 bits per heavy atom. The van der Waals surface area contributed by atoms with Crippen molar-refractivity contribution in [2.24, 2.45) is 0 Å². The highest BCUT2D eigenvalue weighted by molar-refractivity contribution is 7.15. The molecular weight excluding hydrogens is 214 g/mol. The maximum atomic E-state index is 4.74. The molecule has 0 radical (unpaired) electrons. The van der Waals surface area contributed by atoms with Gasteiger partial charge in [0.2, 0.25) is 0 Å². The van der Waals surface area contributed by atoms with E-state index in [4.69, 9.17) is 4.98 Å². The fourth-order valence-corrected chi connectivity index (χ4v) is 2.67. The van der Waals surface area contributed by atoms with E-state index in [0.29, 0.717) is 0 Å². The van der Waals surface area contributed by atoms with Crippen LogP contribution >= 0.6 is 11.3 Å². The molecule has 0 atom stereocenters. The maximum absolute atomic E-state index is 4.74. The summed E-state index contributed by atoms with van der Waals surface area (Å²) >= 11 is 1.81. The van der Waals surface area contributed by atoms with Crippen molar-refractivity contribution in [2.45, 2.75) is 33.1 Å². The van der Waals surface area contributed by atoms with Crippen LogP contribution in [0.4, 0.5) is 0 Å². The fourth-order valence-electron chi connectivity index (χ4n) is 1.71. The molecule has 16 heavy (non-hydrogen) atoms. The van der Waals surface area contributed by atoms with E-state index in [1.54, 1.807) is 11.3 Å². The van der Waals surface area contributed by atoms with Crippen molar-refractivity contribution >= 4 is 11.3 Å². The van der Waals surface area contributed by atoms with Gasteiger partial charge < -0.3 is 0 Å². The number of benzene rings is 1. The van der Waals surface area contributed by atoms with E-state index in [9.17, 15) is 0 Å². The Hall–Kier alpha value is -1.15. The molecule has 0 amide bonds. The predicted molar refractivity (Wildman–Crippen MR) is 70.9 cm³/mol. The van der Waals surface area contributed by atoms with Gasteiger partial charge >= 0.3 is 0 Å². The summed E-state index contributed by atoms with van der Waals surface area (Å²) in [7, 11) is 0. The number of hydrogen-bond donors (Lipinski definition) is 0. The van der Waals surface area contributed by atoms with Gasteiger partial charge in [-0.25, -0.2) is 4.98 Å². The molecule has 2 rings (SSSR count). The van der Waals surface area contributed by atoms with Crippen LogP contribution in [0, 0.1) is 6.92 Å². The van der Waals surface area contributed by atoms with Gasteiger partial charge in [-0.15, -0.1) is 11.3 Å². The van der Waals surface area contributed by atoms with E-state index in [1.165, 1.54) is 29.0 Å². The van der Waals surface area contributed by atoms with Crippen molar-refractivity contribution in [2.75, 3.05) is 0 Å². The summed E-state index contributed by atoms with van der Waals surface area (Å²) < 4.78 is 0. The van der Waals surface area contributed by atoms with E-state index in [2.05, 4.69) is 38.1 Å². The summed E-state index contributed by atoms with van der Waals surface area (Å²) in [5.74, 6) is 0. The Balaban J connectivity index is 2.24. The Kier molecular flexibility index (Phi) is 3.73. The zero-order valence-electron chi connectivity index (χ0n) is 9.86. The molecule has 0 aliphatic carbocycles. The molecule has 0 aliphatic heterocycles. The molecule has 2 aromatic rings. The summed E-state index contributed by atoms with van der Waals surface area (Å²) in [4.78, 5) is 6.10. The minimum atomic E-state index is 1.12. The normalized spacial score (nSPS) is 10.6. The third-order valence-corrected chi connectivity index (χ3v) is 3.74. The van der Waals surface area contributed by atoms with Gasteiger partial charge in [0.1, 0.15) is 5.01 Å². The lowest BCUT2D eigenvalue weighted by atomic mass is 10.2. The van der Waals surface area contributed by atoms with Crippen LogP contribution in [-0.4, -0.2) is 4.98 Å². The third kappa shape index (κ3) is 2.50. The Labute approximate surface area is 101 Å². The van der Waals surface area contributed by atoms with Gasteiger partial charge in [-0.1, -0.05) is 43.7 Å². The van der Waals surface area contributed by atoms with E-state index in [1.807, 2.05) is 6.07 Å². The highest BCUT2D eigenvalue weighted by Crippen LogP contribution is 2.28. The van der Waals surface area contributed by atoms with Gasteiger partial charge in [0, 0.05) is 10.4 Å². The van der Waals surface area contributed by atoms with Crippen LogP contribution in [-0.2, 0) is 6.42 Å². The molecule has 0 bridgehead atoms. The lowest BCUT2D eigenvalue weighted by Crippen LogP contribution is -1.87. The minimum Gasteiger partial charge on any atom is -0.241 e. The molecule has 84 valence electrons. The second-order valence-electron chi connectivity index (χ2n) is 3.99. The number of aryl methyl sites for hydroxylation is 2. The molecular formula is C14H17NS. The van der Waals surface area contributed by atoms with Crippen LogP contribution in [0.2, 0.25) is 0 Å². The fraction of sp³-hybridized carbons (Fsp3) is 0.357. The summed E-state index contributed by atoms with van der Waals surface area (Å²) in [6.07, 6.45) is 3.59.